The number of rotatable bonds is 3. The zero-order valence-electron chi connectivity index (χ0n) is 8.46. The predicted octanol–water partition coefficient (Wildman–Crippen LogP) is 2.49. The number of carboxylic acids is 1. The monoisotopic (exact) mass is 233 g/mol. The highest BCUT2D eigenvalue weighted by Gasteiger charge is 2.16. The second-order valence-corrected chi connectivity index (χ2v) is 4.21. The minimum absolute atomic E-state index is 0.265. The Balaban J connectivity index is 2.44. The molecule has 0 aliphatic rings. The smallest absolute Gasteiger partial charge is 0.336 e. The van der Waals surface area contributed by atoms with Gasteiger partial charge in [-0.3, -0.25) is 0 Å². The predicted molar refractivity (Wildman–Crippen MR) is 63.8 cm³/mol. The second kappa shape index (κ2) is 4.47. The molecule has 82 valence electrons. The first-order valence-corrected chi connectivity index (χ1v) is 5.74. The SMILES string of the molecule is N[C@H](c1ccsc1)c1ccccc1C(=O)O. The van der Waals surface area contributed by atoms with Crippen molar-refractivity contribution in [3.63, 3.8) is 0 Å². The van der Waals surface area contributed by atoms with Crippen molar-refractivity contribution in [2.45, 2.75) is 6.04 Å². The fourth-order valence-corrected chi connectivity index (χ4v) is 2.29. The molecule has 0 unspecified atom stereocenters. The molecule has 0 fully saturated rings. The van der Waals surface area contributed by atoms with Crippen molar-refractivity contribution >= 4 is 17.3 Å². The van der Waals surface area contributed by atoms with Crippen LogP contribution in [0.4, 0.5) is 0 Å². The van der Waals surface area contributed by atoms with E-state index < -0.39 is 5.97 Å². The molecule has 0 amide bonds. The number of benzene rings is 1. The topological polar surface area (TPSA) is 63.3 Å². The second-order valence-electron chi connectivity index (χ2n) is 3.43. The van der Waals surface area contributed by atoms with Crippen LogP contribution in [0.25, 0.3) is 0 Å². The third-order valence-electron chi connectivity index (χ3n) is 2.43. The molecule has 0 bridgehead atoms. The molecular weight excluding hydrogens is 222 g/mol. The summed E-state index contributed by atoms with van der Waals surface area (Å²) in [6.45, 7) is 0. The molecule has 0 saturated carbocycles. The molecule has 2 rings (SSSR count). The summed E-state index contributed by atoms with van der Waals surface area (Å²) in [5.41, 5.74) is 7.90. The fourth-order valence-electron chi connectivity index (χ4n) is 1.59. The van der Waals surface area contributed by atoms with Gasteiger partial charge in [0.15, 0.2) is 0 Å². The lowest BCUT2D eigenvalue weighted by molar-refractivity contribution is 0.0695. The number of carbonyl (C=O) groups is 1. The lowest BCUT2D eigenvalue weighted by Crippen LogP contribution is -2.15. The van der Waals surface area contributed by atoms with E-state index in [0.717, 1.165) is 5.56 Å². The Morgan fingerprint density at radius 1 is 1.31 bits per heavy atom. The molecule has 1 aromatic heterocycles. The Bertz CT molecular complexity index is 493. The van der Waals surface area contributed by atoms with Crippen LogP contribution in [0, 0.1) is 0 Å². The molecule has 0 radical (unpaired) electrons. The van der Waals surface area contributed by atoms with Gasteiger partial charge in [-0.2, -0.15) is 11.3 Å². The number of hydrogen-bond donors (Lipinski definition) is 2. The number of thiophene rings is 1. The van der Waals surface area contributed by atoms with E-state index in [1.165, 1.54) is 0 Å². The van der Waals surface area contributed by atoms with Gasteiger partial charge >= 0.3 is 5.97 Å². The van der Waals surface area contributed by atoms with Gasteiger partial charge in [0.2, 0.25) is 0 Å². The molecule has 1 aromatic carbocycles. The summed E-state index contributed by atoms with van der Waals surface area (Å²) in [7, 11) is 0. The maximum absolute atomic E-state index is 11.0. The largest absolute Gasteiger partial charge is 0.478 e. The summed E-state index contributed by atoms with van der Waals surface area (Å²) in [6, 6.07) is 8.36. The van der Waals surface area contributed by atoms with Crippen molar-refractivity contribution in [1.82, 2.24) is 0 Å². The van der Waals surface area contributed by atoms with Gasteiger partial charge < -0.3 is 10.8 Å². The van der Waals surface area contributed by atoms with Crippen LogP contribution in [0.15, 0.2) is 41.1 Å². The van der Waals surface area contributed by atoms with E-state index in [0.29, 0.717) is 5.56 Å². The molecule has 0 saturated heterocycles. The minimum atomic E-state index is -0.943. The number of aromatic carboxylic acids is 1. The molecule has 0 aliphatic carbocycles. The molecule has 3 nitrogen and oxygen atoms in total. The van der Waals surface area contributed by atoms with Gasteiger partial charge in [0.05, 0.1) is 11.6 Å². The number of carboxylic acid groups (broad SMARTS) is 1. The van der Waals surface area contributed by atoms with Crippen LogP contribution in [0.5, 0.6) is 0 Å². The molecule has 1 atom stereocenters. The van der Waals surface area contributed by atoms with E-state index in [2.05, 4.69) is 0 Å². The Morgan fingerprint density at radius 2 is 2.06 bits per heavy atom. The minimum Gasteiger partial charge on any atom is -0.478 e. The summed E-state index contributed by atoms with van der Waals surface area (Å²) in [5, 5.41) is 12.9. The molecule has 0 spiro atoms. The highest BCUT2D eigenvalue weighted by atomic mass is 32.1. The van der Waals surface area contributed by atoms with E-state index in [-0.39, 0.29) is 11.6 Å². The van der Waals surface area contributed by atoms with Gasteiger partial charge in [0.1, 0.15) is 0 Å². The van der Waals surface area contributed by atoms with E-state index in [1.54, 1.807) is 35.6 Å². The average Bonchev–Trinajstić information content (AvgIpc) is 2.81. The zero-order valence-corrected chi connectivity index (χ0v) is 9.28. The van der Waals surface area contributed by atoms with Crippen LogP contribution in [-0.4, -0.2) is 11.1 Å². The molecule has 4 heteroatoms. The van der Waals surface area contributed by atoms with Crippen LogP contribution in [-0.2, 0) is 0 Å². The van der Waals surface area contributed by atoms with Gasteiger partial charge in [0, 0.05) is 0 Å². The van der Waals surface area contributed by atoms with Gasteiger partial charge in [-0.25, -0.2) is 4.79 Å². The number of hydrogen-bond acceptors (Lipinski definition) is 3. The van der Waals surface area contributed by atoms with Crippen molar-refractivity contribution < 1.29 is 9.90 Å². The lowest BCUT2D eigenvalue weighted by atomic mass is 9.97. The van der Waals surface area contributed by atoms with Crippen molar-refractivity contribution in [3.05, 3.63) is 57.8 Å². The molecule has 0 aliphatic heterocycles. The Hall–Kier alpha value is -1.65. The van der Waals surface area contributed by atoms with Crippen LogP contribution in [0.2, 0.25) is 0 Å². The average molecular weight is 233 g/mol. The quantitative estimate of drug-likeness (QED) is 0.856. The van der Waals surface area contributed by atoms with E-state index in [4.69, 9.17) is 10.8 Å². The van der Waals surface area contributed by atoms with Crippen molar-refractivity contribution in [1.29, 1.82) is 0 Å². The normalized spacial score (nSPS) is 12.3. The van der Waals surface area contributed by atoms with Crippen molar-refractivity contribution in [2.75, 3.05) is 0 Å². The molecule has 16 heavy (non-hydrogen) atoms. The van der Waals surface area contributed by atoms with Crippen LogP contribution in [0.3, 0.4) is 0 Å². The molecule has 2 aromatic rings. The van der Waals surface area contributed by atoms with Crippen molar-refractivity contribution in [3.8, 4) is 0 Å². The van der Waals surface area contributed by atoms with Gasteiger partial charge in [-0.1, -0.05) is 18.2 Å². The maximum atomic E-state index is 11.0. The number of nitrogens with two attached hydrogens (primary N) is 1. The summed E-state index contributed by atoms with van der Waals surface area (Å²) in [4.78, 5) is 11.0. The zero-order chi connectivity index (χ0) is 11.5. The van der Waals surface area contributed by atoms with Crippen molar-refractivity contribution in [2.24, 2.45) is 5.73 Å². The summed E-state index contributed by atoms with van der Waals surface area (Å²) in [6.07, 6.45) is 0. The summed E-state index contributed by atoms with van der Waals surface area (Å²) < 4.78 is 0. The third kappa shape index (κ3) is 1.98. The van der Waals surface area contributed by atoms with Gasteiger partial charge in [-0.05, 0) is 34.0 Å². The first kappa shape index (κ1) is 10.9. The lowest BCUT2D eigenvalue weighted by Gasteiger charge is -2.13. The maximum Gasteiger partial charge on any atom is 0.336 e. The highest BCUT2D eigenvalue weighted by Crippen LogP contribution is 2.24. The first-order valence-electron chi connectivity index (χ1n) is 4.80. The summed E-state index contributed by atoms with van der Waals surface area (Å²) >= 11 is 1.55. The van der Waals surface area contributed by atoms with E-state index in [1.807, 2.05) is 16.8 Å². The third-order valence-corrected chi connectivity index (χ3v) is 3.13. The molecular formula is C12H11NO2S. The van der Waals surface area contributed by atoms with Crippen LogP contribution >= 0.6 is 11.3 Å². The van der Waals surface area contributed by atoms with Gasteiger partial charge in [0.25, 0.3) is 0 Å². The molecule has 1 heterocycles. The highest BCUT2D eigenvalue weighted by molar-refractivity contribution is 7.08. The van der Waals surface area contributed by atoms with E-state index in [9.17, 15) is 4.79 Å². The molecule has 3 N–H and O–H groups in total. The van der Waals surface area contributed by atoms with Crippen LogP contribution in [0.1, 0.15) is 27.5 Å². The van der Waals surface area contributed by atoms with Crippen LogP contribution < -0.4 is 5.73 Å². The Labute approximate surface area is 97.2 Å². The Kier molecular flexibility index (Phi) is 3.03. The standard InChI is InChI=1S/C12H11NO2S/c13-11(8-5-6-16-7-8)9-3-1-2-4-10(9)12(14)15/h1-7,11H,13H2,(H,14,15)/t11-/m1/s1. The Morgan fingerprint density at radius 3 is 2.69 bits per heavy atom. The van der Waals surface area contributed by atoms with Gasteiger partial charge in [-0.15, -0.1) is 0 Å². The fraction of sp³-hybridized carbons (Fsp3) is 0.0833. The van der Waals surface area contributed by atoms with E-state index >= 15 is 0 Å². The summed E-state index contributed by atoms with van der Waals surface area (Å²) in [5.74, 6) is -0.943. The first-order chi connectivity index (χ1) is 7.70.